The summed E-state index contributed by atoms with van der Waals surface area (Å²) in [4.78, 5) is 16.0. The standard InChI is InChI=1S/C18H26N2O3/c1-14(2)10-19(3)12-17(13-21)23-18(22)20-9-8-15-6-4-5-7-16(15)11-20/h4-7,13-14,21H,8-12H2,1-3H3. The van der Waals surface area contributed by atoms with Gasteiger partial charge < -0.3 is 14.7 Å². The lowest BCUT2D eigenvalue weighted by Crippen LogP contribution is -2.37. The van der Waals surface area contributed by atoms with Gasteiger partial charge in [0.1, 0.15) is 6.26 Å². The van der Waals surface area contributed by atoms with E-state index in [2.05, 4.69) is 19.9 Å². The maximum atomic E-state index is 12.3. The molecule has 23 heavy (non-hydrogen) atoms. The summed E-state index contributed by atoms with van der Waals surface area (Å²) in [5.74, 6) is 0.784. The summed E-state index contributed by atoms with van der Waals surface area (Å²) in [7, 11) is 1.94. The number of aliphatic hydroxyl groups is 1. The SMILES string of the molecule is CC(C)CN(C)CC(=CO)OC(=O)N1CCc2ccccc2C1. The number of rotatable bonds is 5. The second kappa shape index (κ2) is 8.02. The summed E-state index contributed by atoms with van der Waals surface area (Å²) >= 11 is 0. The van der Waals surface area contributed by atoms with Crippen LogP contribution in [0.1, 0.15) is 25.0 Å². The van der Waals surface area contributed by atoms with Gasteiger partial charge in [-0.1, -0.05) is 38.1 Å². The number of hydrogen-bond acceptors (Lipinski definition) is 4. The van der Waals surface area contributed by atoms with Crippen LogP contribution in [0.3, 0.4) is 0 Å². The lowest BCUT2D eigenvalue weighted by molar-refractivity contribution is 0.113. The summed E-state index contributed by atoms with van der Waals surface area (Å²) in [5, 5.41) is 9.33. The minimum atomic E-state index is -0.405. The van der Waals surface area contributed by atoms with Crippen molar-refractivity contribution in [2.75, 3.05) is 26.7 Å². The Hall–Kier alpha value is -2.01. The van der Waals surface area contributed by atoms with E-state index >= 15 is 0 Å². The summed E-state index contributed by atoms with van der Waals surface area (Å²) in [6.07, 6.45) is 1.31. The molecule has 0 saturated heterocycles. The molecular formula is C18H26N2O3. The van der Waals surface area contributed by atoms with Gasteiger partial charge in [0.05, 0.1) is 6.54 Å². The largest absolute Gasteiger partial charge is 0.512 e. The van der Waals surface area contributed by atoms with Gasteiger partial charge in [0, 0.05) is 19.6 Å². The number of fused-ring (bicyclic) bond motifs is 1. The first-order valence-electron chi connectivity index (χ1n) is 8.05. The van der Waals surface area contributed by atoms with Gasteiger partial charge in [-0.2, -0.15) is 0 Å². The highest BCUT2D eigenvalue weighted by atomic mass is 16.6. The number of benzene rings is 1. The fraction of sp³-hybridized carbons (Fsp3) is 0.500. The average molecular weight is 318 g/mol. The number of likely N-dealkylation sites (N-methyl/N-ethyl adjacent to an activating group) is 1. The van der Waals surface area contributed by atoms with Crippen LogP contribution in [-0.2, 0) is 17.7 Å². The van der Waals surface area contributed by atoms with Gasteiger partial charge in [-0.15, -0.1) is 0 Å². The third kappa shape index (κ3) is 4.99. The monoisotopic (exact) mass is 318 g/mol. The highest BCUT2D eigenvalue weighted by molar-refractivity contribution is 5.69. The van der Waals surface area contributed by atoms with Crippen LogP contribution in [-0.4, -0.2) is 47.7 Å². The Labute approximate surface area is 138 Å². The number of ether oxygens (including phenoxy) is 1. The Kier molecular flexibility index (Phi) is 6.04. The molecule has 2 rings (SSSR count). The predicted octanol–water partition coefficient (Wildman–Crippen LogP) is 3.17. The molecule has 1 aromatic carbocycles. The molecule has 1 amide bonds. The lowest BCUT2D eigenvalue weighted by atomic mass is 10.0. The quantitative estimate of drug-likeness (QED) is 0.847. The first kappa shape index (κ1) is 17.3. The molecule has 5 nitrogen and oxygen atoms in total. The highest BCUT2D eigenvalue weighted by Crippen LogP contribution is 2.19. The van der Waals surface area contributed by atoms with E-state index in [0.717, 1.165) is 24.8 Å². The van der Waals surface area contributed by atoms with Crippen LogP contribution in [0, 0.1) is 5.92 Å². The van der Waals surface area contributed by atoms with Crippen molar-refractivity contribution in [1.29, 1.82) is 0 Å². The second-order valence-corrected chi connectivity index (χ2v) is 6.49. The smallest absolute Gasteiger partial charge is 0.415 e. The van der Waals surface area contributed by atoms with Crippen LogP contribution < -0.4 is 0 Å². The maximum absolute atomic E-state index is 12.3. The van der Waals surface area contributed by atoms with E-state index < -0.39 is 6.09 Å². The Bertz CT molecular complexity index is 569. The molecule has 1 N–H and O–H groups in total. The van der Waals surface area contributed by atoms with E-state index in [1.165, 1.54) is 5.56 Å². The van der Waals surface area contributed by atoms with Crippen molar-refractivity contribution in [1.82, 2.24) is 9.80 Å². The van der Waals surface area contributed by atoms with Crippen LogP contribution >= 0.6 is 0 Å². The normalized spacial score (nSPS) is 15.0. The Morgan fingerprint density at radius 2 is 2.09 bits per heavy atom. The molecule has 0 unspecified atom stereocenters. The Balaban J connectivity index is 1.91. The van der Waals surface area contributed by atoms with Crippen LogP contribution in [0.25, 0.3) is 0 Å². The predicted molar refractivity (Wildman–Crippen MR) is 90.1 cm³/mol. The topological polar surface area (TPSA) is 53.0 Å². The molecule has 1 heterocycles. The van der Waals surface area contributed by atoms with E-state index in [-0.39, 0.29) is 5.76 Å². The zero-order chi connectivity index (χ0) is 16.8. The molecule has 0 radical (unpaired) electrons. The summed E-state index contributed by atoms with van der Waals surface area (Å²) in [5.41, 5.74) is 2.44. The lowest BCUT2D eigenvalue weighted by Gasteiger charge is -2.28. The van der Waals surface area contributed by atoms with E-state index in [1.54, 1.807) is 4.90 Å². The van der Waals surface area contributed by atoms with Gasteiger partial charge in [0.15, 0.2) is 5.76 Å². The van der Waals surface area contributed by atoms with Crippen molar-refractivity contribution >= 4 is 6.09 Å². The van der Waals surface area contributed by atoms with Crippen LogP contribution in [0.5, 0.6) is 0 Å². The van der Waals surface area contributed by atoms with Crippen LogP contribution in [0.4, 0.5) is 4.79 Å². The zero-order valence-electron chi connectivity index (χ0n) is 14.2. The Morgan fingerprint density at radius 3 is 2.74 bits per heavy atom. The minimum Gasteiger partial charge on any atom is -0.512 e. The van der Waals surface area contributed by atoms with Crippen LogP contribution in [0.2, 0.25) is 0 Å². The molecule has 5 heteroatoms. The maximum Gasteiger partial charge on any atom is 0.415 e. The number of amides is 1. The van der Waals surface area contributed by atoms with Gasteiger partial charge in [-0.3, -0.25) is 4.90 Å². The number of carbonyl (C=O) groups is 1. The third-order valence-corrected chi connectivity index (χ3v) is 3.85. The molecule has 126 valence electrons. The van der Waals surface area contributed by atoms with Crippen molar-refractivity contribution in [3.8, 4) is 0 Å². The summed E-state index contributed by atoms with van der Waals surface area (Å²) < 4.78 is 5.36. The molecule has 0 fully saturated rings. The minimum absolute atomic E-state index is 0.275. The van der Waals surface area contributed by atoms with E-state index in [1.807, 2.05) is 30.1 Å². The van der Waals surface area contributed by atoms with Crippen molar-refractivity contribution in [2.24, 2.45) is 5.92 Å². The van der Waals surface area contributed by atoms with Gasteiger partial charge in [0.2, 0.25) is 0 Å². The van der Waals surface area contributed by atoms with Crippen molar-refractivity contribution in [2.45, 2.75) is 26.8 Å². The molecule has 0 aliphatic carbocycles. The fourth-order valence-corrected chi connectivity index (χ4v) is 2.88. The van der Waals surface area contributed by atoms with Gasteiger partial charge in [-0.05, 0) is 30.5 Å². The molecule has 0 saturated carbocycles. The number of hydrogen-bond donors (Lipinski definition) is 1. The molecular weight excluding hydrogens is 292 g/mol. The molecule has 1 aliphatic heterocycles. The molecule has 0 atom stereocenters. The van der Waals surface area contributed by atoms with Gasteiger partial charge >= 0.3 is 6.09 Å². The number of carbonyl (C=O) groups excluding carboxylic acids is 1. The summed E-state index contributed by atoms with van der Waals surface area (Å²) in [6.45, 7) is 6.70. The zero-order valence-corrected chi connectivity index (χ0v) is 14.2. The van der Waals surface area contributed by atoms with Crippen molar-refractivity contribution in [3.05, 3.63) is 47.4 Å². The average Bonchev–Trinajstić information content (AvgIpc) is 2.52. The first-order chi connectivity index (χ1) is 11.0. The van der Waals surface area contributed by atoms with Crippen molar-refractivity contribution in [3.63, 3.8) is 0 Å². The summed E-state index contributed by atoms with van der Waals surface area (Å²) in [6, 6.07) is 8.13. The fourth-order valence-electron chi connectivity index (χ4n) is 2.88. The molecule has 1 aromatic rings. The van der Waals surface area contributed by atoms with E-state index in [4.69, 9.17) is 4.74 Å². The molecule has 0 spiro atoms. The van der Waals surface area contributed by atoms with E-state index in [0.29, 0.717) is 25.6 Å². The van der Waals surface area contributed by atoms with Crippen LogP contribution in [0.15, 0.2) is 36.3 Å². The molecule has 1 aliphatic rings. The molecule has 0 bridgehead atoms. The van der Waals surface area contributed by atoms with Gasteiger partial charge in [0.25, 0.3) is 0 Å². The molecule has 0 aromatic heterocycles. The number of aliphatic hydroxyl groups excluding tert-OH is 1. The van der Waals surface area contributed by atoms with Gasteiger partial charge in [-0.25, -0.2) is 4.79 Å². The number of nitrogens with zero attached hydrogens (tertiary/aromatic N) is 2. The highest BCUT2D eigenvalue weighted by Gasteiger charge is 2.23. The second-order valence-electron chi connectivity index (χ2n) is 6.49. The third-order valence-electron chi connectivity index (χ3n) is 3.85. The van der Waals surface area contributed by atoms with E-state index in [9.17, 15) is 9.90 Å². The Morgan fingerprint density at radius 1 is 1.39 bits per heavy atom. The first-order valence-corrected chi connectivity index (χ1v) is 8.05. The van der Waals surface area contributed by atoms with Crippen molar-refractivity contribution < 1.29 is 14.6 Å².